The first-order chi connectivity index (χ1) is 14.0. The van der Waals surface area contributed by atoms with Crippen LogP contribution in [0.3, 0.4) is 0 Å². The Balaban J connectivity index is 1.54. The molecule has 2 heterocycles. The van der Waals surface area contributed by atoms with Gasteiger partial charge in [-0.15, -0.1) is 0 Å². The average molecular weight is 417 g/mol. The van der Waals surface area contributed by atoms with Crippen LogP contribution < -0.4 is 4.74 Å². The molecule has 0 amide bonds. The molecule has 0 radical (unpaired) electrons. The Hall–Kier alpha value is -2.42. The molecule has 0 bridgehead atoms. The molecule has 0 saturated carbocycles. The van der Waals surface area contributed by atoms with Crippen LogP contribution in [-0.4, -0.2) is 50.6 Å². The molecule has 2 aliphatic rings. The highest BCUT2D eigenvalue weighted by atomic mass is 32.2. The van der Waals surface area contributed by atoms with Crippen molar-refractivity contribution in [2.75, 3.05) is 19.8 Å². The number of esters is 1. The maximum absolute atomic E-state index is 13.2. The van der Waals surface area contributed by atoms with E-state index < -0.39 is 34.1 Å². The molecule has 0 spiro atoms. The number of carbonyl (C=O) groups is 1. The predicted molar refractivity (Wildman–Crippen MR) is 105 cm³/mol. The second kappa shape index (κ2) is 8.14. The summed E-state index contributed by atoms with van der Waals surface area (Å²) in [5.41, 5.74) is 0.961. The summed E-state index contributed by atoms with van der Waals surface area (Å²) in [7, 11) is -3.80. The first-order valence-corrected chi connectivity index (χ1v) is 11.0. The number of hydrogen-bond donors (Lipinski definition) is 0. The highest BCUT2D eigenvalue weighted by Crippen LogP contribution is 2.37. The summed E-state index contributed by atoms with van der Waals surface area (Å²) < 4.78 is 44.3. The number of cyclic esters (lactones) is 1. The zero-order valence-corrected chi connectivity index (χ0v) is 16.9. The molecule has 29 heavy (non-hydrogen) atoms. The number of rotatable bonds is 7. The van der Waals surface area contributed by atoms with Crippen LogP contribution in [0.2, 0.25) is 0 Å². The van der Waals surface area contributed by atoms with E-state index in [9.17, 15) is 13.2 Å². The Morgan fingerprint density at radius 2 is 1.83 bits per heavy atom. The molecule has 4 rings (SSSR count). The SMILES string of the molecule is CCOc1ccc(S(=O)(=O)N2C[C@H](OCc3ccccc3)[C@@H]3C(=O)OC[C@@H]32)cc1. The largest absolute Gasteiger partial charge is 0.494 e. The van der Waals surface area contributed by atoms with Gasteiger partial charge in [-0.25, -0.2) is 8.42 Å². The van der Waals surface area contributed by atoms with Crippen LogP contribution in [0.15, 0.2) is 59.5 Å². The van der Waals surface area contributed by atoms with Gasteiger partial charge in [0.25, 0.3) is 0 Å². The number of hydrogen-bond acceptors (Lipinski definition) is 6. The van der Waals surface area contributed by atoms with Crippen molar-refractivity contribution in [2.45, 2.75) is 30.6 Å². The lowest BCUT2D eigenvalue weighted by Crippen LogP contribution is -2.38. The molecule has 3 atom stereocenters. The normalized spacial score (nSPS) is 24.3. The number of carbonyl (C=O) groups excluding carboxylic acids is 1. The summed E-state index contributed by atoms with van der Waals surface area (Å²) in [6.07, 6.45) is -0.548. The number of nitrogens with zero attached hydrogens (tertiary/aromatic N) is 1. The van der Waals surface area contributed by atoms with Crippen molar-refractivity contribution in [1.82, 2.24) is 4.31 Å². The van der Waals surface area contributed by atoms with Crippen LogP contribution in [0.25, 0.3) is 0 Å². The molecule has 0 unspecified atom stereocenters. The van der Waals surface area contributed by atoms with Crippen molar-refractivity contribution < 1.29 is 27.4 Å². The molecule has 0 N–H and O–H groups in total. The molecule has 8 heteroatoms. The van der Waals surface area contributed by atoms with E-state index in [2.05, 4.69) is 0 Å². The third-order valence-electron chi connectivity index (χ3n) is 5.26. The zero-order chi connectivity index (χ0) is 20.4. The number of ether oxygens (including phenoxy) is 3. The van der Waals surface area contributed by atoms with Gasteiger partial charge in [0.2, 0.25) is 10.0 Å². The summed E-state index contributed by atoms with van der Waals surface area (Å²) in [6, 6.07) is 15.3. The van der Waals surface area contributed by atoms with Crippen molar-refractivity contribution >= 4 is 16.0 Å². The lowest BCUT2D eigenvalue weighted by Gasteiger charge is -2.21. The van der Waals surface area contributed by atoms with Crippen LogP contribution in [0.5, 0.6) is 5.75 Å². The molecule has 2 aromatic carbocycles. The molecule has 2 aliphatic heterocycles. The van der Waals surface area contributed by atoms with E-state index in [0.29, 0.717) is 19.0 Å². The summed E-state index contributed by atoms with van der Waals surface area (Å²) in [4.78, 5) is 12.4. The Labute approximate surface area is 170 Å². The molecule has 2 aromatic rings. The monoisotopic (exact) mass is 417 g/mol. The van der Waals surface area contributed by atoms with E-state index in [4.69, 9.17) is 14.2 Å². The molecule has 0 aliphatic carbocycles. The van der Waals surface area contributed by atoms with E-state index in [1.54, 1.807) is 12.1 Å². The lowest BCUT2D eigenvalue weighted by molar-refractivity contribution is -0.145. The molecule has 7 nitrogen and oxygen atoms in total. The fourth-order valence-electron chi connectivity index (χ4n) is 3.83. The Morgan fingerprint density at radius 1 is 1.10 bits per heavy atom. The first-order valence-electron chi connectivity index (χ1n) is 9.57. The molecule has 154 valence electrons. The number of benzene rings is 2. The third-order valence-corrected chi connectivity index (χ3v) is 7.17. The van der Waals surface area contributed by atoms with Gasteiger partial charge in [-0.2, -0.15) is 4.31 Å². The number of sulfonamides is 1. The molecule has 2 saturated heterocycles. The fraction of sp³-hybridized carbons (Fsp3) is 0.381. The molecule has 0 aromatic heterocycles. The van der Waals surface area contributed by atoms with E-state index >= 15 is 0 Å². The number of fused-ring (bicyclic) bond motifs is 1. The Bertz CT molecular complexity index is 960. The fourth-order valence-corrected chi connectivity index (χ4v) is 5.48. The van der Waals surface area contributed by atoms with Gasteiger partial charge in [-0.05, 0) is 36.8 Å². The highest BCUT2D eigenvalue weighted by Gasteiger charge is 2.55. The average Bonchev–Trinajstić information content (AvgIpc) is 3.29. The Kier molecular flexibility index (Phi) is 5.58. The van der Waals surface area contributed by atoms with Gasteiger partial charge >= 0.3 is 5.97 Å². The van der Waals surface area contributed by atoms with Crippen LogP contribution in [-0.2, 0) is 30.9 Å². The predicted octanol–water partition coefficient (Wildman–Crippen LogP) is 2.22. The molecular weight excluding hydrogens is 394 g/mol. The van der Waals surface area contributed by atoms with Crippen LogP contribution >= 0.6 is 0 Å². The van der Waals surface area contributed by atoms with Gasteiger partial charge < -0.3 is 14.2 Å². The highest BCUT2D eigenvalue weighted by molar-refractivity contribution is 7.89. The van der Waals surface area contributed by atoms with Crippen LogP contribution in [0.1, 0.15) is 12.5 Å². The zero-order valence-electron chi connectivity index (χ0n) is 16.1. The minimum absolute atomic E-state index is 0.0466. The second-order valence-corrected chi connectivity index (χ2v) is 8.93. The smallest absolute Gasteiger partial charge is 0.313 e. The topological polar surface area (TPSA) is 82.1 Å². The second-order valence-electron chi connectivity index (χ2n) is 7.04. The van der Waals surface area contributed by atoms with Crippen LogP contribution in [0, 0.1) is 5.92 Å². The van der Waals surface area contributed by atoms with Crippen molar-refractivity contribution in [3.63, 3.8) is 0 Å². The minimum Gasteiger partial charge on any atom is -0.494 e. The first kappa shape index (κ1) is 19.9. The van der Waals surface area contributed by atoms with Crippen LogP contribution in [0.4, 0.5) is 0 Å². The van der Waals surface area contributed by atoms with Crippen molar-refractivity contribution in [2.24, 2.45) is 5.92 Å². The van der Waals surface area contributed by atoms with E-state index in [1.165, 1.54) is 16.4 Å². The maximum atomic E-state index is 13.2. The van der Waals surface area contributed by atoms with Crippen molar-refractivity contribution in [1.29, 1.82) is 0 Å². The minimum atomic E-state index is -3.80. The van der Waals surface area contributed by atoms with Gasteiger partial charge in [-0.3, -0.25) is 4.79 Å². The lowest BCUT2D eigenvalue weighted by atomic mass is 10.0. The van der Waals surface area contributed by atoms with E-state index in [-0.39, 0.29) is 18.0 Å². The van der Waals surface area contributed by atoms with E-state index in [1.807, 2.05) is 37.3 Å². The molecule has 2 fully saturated rings. The van der Waals surface area contributed by atoms with Gasteiger partial charge in [0, 0.05) is 6.54 Å². The standard InChI is InChI=1S/C21H23NO6S/c1-2-26-16-8-10-17(11-9-16)29(24,25)22-12-19(20-18(22)14-28-21(20)23)27-13-15-6-4-3-5-7-15/h3-11,18-20H,2,12-14H2,1H3/t18-,19-,20+/m0/s1. The van der Waals surface area contributed by atoms with Gasteiger partial charge in [0.1, 0.15) is 18.3 Å². The van der Waals surface area contributed by atoms with Crippen molar-refractivity contribution in [3.8, 4) is 5.75 Å². The Morgan fingerprint density at radius 3 is 2.52 bits per heavy atom. The van der Waals surface area contributed by atoms with E-state index in [0.717, 1.165) is 5.56 Å². The summed E-state index contributed by atoms with van der Waals surface area (Å²) >= 11 is 0. The summed E-state index contributed by atoms with van der Waals surface area (Å²) in [6.45, 7) is 2.83. The molecular formula is C21H23NO6S. The van der Waals surface area contributed by atoms with Gasteiger partial charge in [0.15, 0.2) is 0 Å². The summed E-state index contributed by atoms with van der Waals surface area (Å²) in [5.74, 6) is -0.414. The van der Waals surface area contributed by atoms with Crippen molar-refractivity contribution in [3.05, 3.63) is 60.2 Å². The quantitative estimate of drug-likeness (QED) is 0.643. The van der Waals surface area contributed by atoms with Gasteiger partial charge in [-0.1, -0.05) is 30.3 Å². The maximum Gasteiger partial charge on any atom is 0.313 e. The van der Waals surface area contributed by atoms with Gasteiger partial charge in [0.05, 0.1) is 30.3 Å². The summed E-state index contributed by atoms with van der Waals surface area (Å²) in [5, 5.41) is 0. The third kappa shape index (κ3) is 3.88.